The fourth-order valence-corrected chi connectivity index (χ4v) is 3.83. The molecule has 0 aliphatic rings. The molecule has 0 fully saturated rings. The number of hydrogen-bond acceptors (Lipinski definition) is 3. The van der Waals surface area contributed by atoms with Crippen LogP contribution in [-0.2, 0) is 19.6 Å². The van der Waals surface area contributed by atoms with E-state index >= 15 is 0 Å². The average Bonchev–Trinajstić information content (AvgIpc) is 3.29. The molecule has 36 heavy (non-hydrogen) atoms. The topological polar surface area (TPSA) is 88.0 Å². The van der Waals surface area contributed by atoms with Crippen molar-refractivity contribution in [1.82, 2.24) is 25.7 Å². The molecule has 4 rings (SSSR count). The highest BCUT2D eigenvalue weighted by atomic mass is 16.2. The van der Waals surface area contributed by atoms with Gasteiger partial charge in [-0.1, -0.05) is 72.8 Å². The first-order valence-electron chi connectivity index (χ1n) is 12.0. The largest absolute Gasteiger partial charge is 0.348 e. The number of amides is 3. The summed E-state index contributed by atoms with van der Waals surface area (Å²) in [6.45, 7) is 5.21. The van der Waals surface area contributed by atoms with E-state index in [0.29, 0.717) is 25.2 Å². The van der Waals surface area contributed by atoms with Gasteiger partial charge < -0.3 is 16.0 Å². The Morgan fingerprint density at radius 3 is 2.14 bits per heavy atom. The molecule has 1 heterocycles. The molecule has 0 radical (unpaired) electrons. The highest BCUT2D eigenvalue weighted by Gasteiger charge is 2.14. The molecule has 0 aliphatic heterocycles. The van der Waals surface area contributed by atoms with Crippen molar-refractivity contribution in [2.75, 3.05) is 0 Å². The number of aromatic nitrogens is 2. The van der Waals surface area contributed by atoms with E-state index in [2.05, 4.69) is 28.1 Å². The van der Waals surface area contributed by atoms with Gasteiger partial charge in [-0.05, 0) is 37.1 Å². The summed E-state index contributed by atoms with van der Waals surface area (Å²) in [7, 11) is 0. The van der Waals surface area contributed by atoms with Gasteiger partial charge in [-0.25, -0.2) is 4.79 Å². The van der Waals surface area contributed by atoms with E-state index in [0.717, 1.165) is 27.9 Å². The number of nitrogens with zero attached hydrogens (tertiary/aromatic N) is 2. The standard InChI is InChI=1S/C29H31N5O2/c1-21(2)32-29(36)31-17-22-13-15-25(16-14-22)28(35)30-18-26-20-34(19-23-9-5-3-6-10-23)33-27(26)24-11-7-4-8-12-24/h3-16,20-21H,17-19H2,1-2H3,(H,30,35)(H2,31,32,36). The molecular weight excluding hydrogens is 450 g/mol. The van der Waals surface area contributed by atoms with Crippen LogP contribution >= 0.6 is 0 Å². The van der Waals surface area contributed by atoms with Gasteiger partial charge in [0.15, 0.2) is 0 Å². The Bertz CT molecular complexity index is 1280. The minimum Gasteiger partial charge on any atom is -0.348 e. The molecule has 0 saturated heterocycles. The van der Waals surface area contributed by atoms with Crippen molar-refractivity contribution in [3.8, 4) is 11.3 Å². The highest BCUT2D eigenvalue weighted by Crippen LogP contribution is 2.22. The van der Waals surface area contributed by atoms with Crippen molar-refractivity contribution < 1.29 is 9.59 Å². The van der Waals surface area contributed by atoms with Gasteiger partial charge in [-0.3, -0.25) is 9.48 Å². The third-order valence-corrected chi connectivity index (χ3v) is 5.60. The lowest BCUT2D eigenvalue weighted by atomic mass is 10.1. The predicted molar refractivity (Wildman–Crippen MR) is 141 cm³/mol. The van der Waals surface area contributed by atoms with Crippen LogP contribution in [0, 0.1) is 0 Å². The molecule has 1 aromatic heterocycles. The quantitative estimate of drug-likeness (QED) is 0.323. The molecule has 184 valence electrons. The van der Waals surface area contributed by atoms with Gasteiger partial charge in [0, 0.05) is 42.0 Å². The molecule has 0 saturated carbocycles. The number of hydrogen-bond donors (Lipinski definition) is 3. The molecule has 7 heteroatoms. The van der Waals surface area contributed by atoms with E-state index in [1.165, 1.54) is 0 Å². The molecule has 7 nitrogen and oxygen atoms in total. The maximum Gasteiger partial charge on any atom is 0.315 e. The molecule has 0 bridgehead atoms. The molecule has 3 N–H and O–H groups in total. The lowest BCUT2D eigenvalue weighted by Crippen LogP contribution is -2.39. The molecule has 4 aromatic rings. The summed E-state index contributed by atoms with van der Waals surface area (Å²) in [5.74, 6) is -0.165. The maximum absolute atomic E-state index is 12.8. The van der Waals surface area contributed by atoms with Crippen LogP contribution in [0.4, 0.5) is 4.79 Å². The zero-order valence-corrected chi connectivity index (χ0v) is 20.6. The van der Waals surface area contributed by atoms with Crippen LogP contribution in [0.15, 0.2) is 91.1 Å². The summed E-state index contributed by atoms with van der Waals surface area (Å²) in [5, 5.41) is 13.4. The zero-order chi connectivity index (χ0) is 25.3. The van der Waals surface area contributed by atoms with Gasteiger partial charge >= 0.3 is 6.03 Å². The predicted octanol–water partition coefficient (Wildman–Crippen LogP) is 4.74. The molecule has 0 atom stereocenters. The lowest BCUT2D eigenvalue weighted by molar-refractivity contribution is 0.0951. The average molecular weight is 482 g/mol. The second-order valence-electron chi connectivity index (χ2n) is 8.91. The zero-order valence-electron chi connectivity index (χ0n) is 20.6. The highest BCUT2D eigenvalue weighted by molar-refractivity contribution is 5.94. The molecule has 0 spiro atoms. The molecular formula is C29H31N5O2. The fraction of sp³-hybridized carbons (Fsp3) is 0.207. The summed E-state index contributed by atoms with van der Waals surface area (Å²) < 4.78 is 1.91. The minimum absolute atomic E-state index is 0.0731. The Balaban J connectivity index is 1.41. The maximum atomic E-state index is 12.8. The van der Waals surface area contributed by atoms with Crippen LogP contribution < -0.4 is 16.0 Å². The third kappa shape index (κ3) is 6.82. The van der Waals surface area contributed by atoms with E-state index in [1.807, 2.05) is 85.4 Å². The fourth-order valence-electron chi connectivity index (χ4n) is 3.83. The summed E-state index contributed by atoms with van der Waals surface area (Å²) in [4.78, 5) is 24.6. The minimum atomic E-state index is -0.214. The van der Waals surface area contributed by atoms with Gasteiger partial charge in [0.1, 0.15) is 0 Å². The van der Waals surface area contributed by atoms with E-state index in [1.54, 1.807) is 12.1 Å². The number of carbonyl (C=O) groups is 2. The van der Waals surface area contributed by atoms with Gasteiger partial charge in [-0.15, -0.1) is 0 Å². The van der Waals surface area contributed by atoms with Gasteiger partial charge in [0.2, 0.25) is 0 Å². The molecule has 0 aliphatic carbocycles. The first-order chi connectivity index (χ1) is 17.5. The second kappa shape index (κ2) is 11.8. The van der Waals surface area contributed by atoms with Crippen LogP contribution in [-0.4, -0.2) is 27.8 Å². The summed E-state index contributed by atoms with van der Waals surface area (Å²) in [6.07, 6.45) is 1.99. The van der Waals surface area contributed by atoms with Crippen LogP contribution in [0.25, 0.3) is 11.3 Å². The molecule has 0 unspecified atom stereocenters. The Hall–Kier alpha value is -4.39. The summed E-state index contributed by atoms with van der Waals surface area (Å²) in [6, 6.07) is 27.2. The van der Waals surface area contributed by atoms with Gasteiger partial charge in [-0.2, -0.15) is 5.10 Å². The van der Waals surface area contributed by atoms with Crippen LogP contribution in [0.5, 0.6) is 0 Å². The van der Waals surface area contributed by atoms with Crippen molar-refractivity contribution in [1.29, 1.82) is 0 Å². The van der Waals surface area contributed by atoms with Crippen molar-refractivity contribution in [2.45, 2.75) is 39.5 Å². The summed E-state index contributed by atoms with van der Waals surface area (Å²) in [5.41, 5.74) is 5.44. The van der Waals surface area contributed by atoms with Crippen LogP contribution in [0.2, 0.25) is 0 Å². The van der Waals surface area contributed by atoms with Crippen LogP contribution in [0.1, 0.15) is 40.9 Å². The first kappa shape index (κ1) is 24.7. The van der Waals surface area contributed by atoms with E-state index in [-0.39, 0.29) is 18.0 Å². The number of nitrogens with one attached hydrogen (secondary N) is 3. The number of benzene rings is 3. The smallest absolute Gasteiger partial charge is 0.315 e. The Morgan fingerprint density at radius 1 is 0.806 bits per heavy atom. The Labute approximate surface area is 211 Å². The number of carbonyl (C=O) groups excluding carboxylic acids is 2. The Morgan fingerprint density at radius 2 is 1.47 bits per heavy atom. The summed E-state index contributed by atoms with van der Waals surface area (Å²) >= 11 is 0. The van der Waals surface area contributed by atoms with Crippen molar-refractivity contribution in [3.05, 3.63) is 113 Å². The second-order valence-corrected chi connectivity index (χ2v) is 8.91. The monoisotopic (exact) mass is 481 g/mol. The van der Waals surface area contributed by atoms with Crippen molar-refractivity contribution in [2.24, 2.45) is 0 Å². The molecule has 3 aromatic carbocycles. The van der Waals surface area contributed by atoms with Crippen molar-refractivity contribution in [3.63, 3.8) is 0 Å². The first-order valence-corrected chi connectivity index (χ1v) is 12.0. The lowest BCUT2D eigenvalue weighted by Gasteiger charge is -2.10. The Kier molecular flexibility index (Phi) is 8.13. The van der Waals surface area contributed by atoms with Gasteiger partial charge in [0.05, 0.1) is 12.2 Å². The third-order valence-electron chi connectivity index (χ3n) is 5.60. The number of rotatable bonds is 9. The van der Waals surface area contributed by atoms with Crippen molar-refractivity contribution >= 4 is 11.9 Å². The van der Waals surface area contributed by atoms with Crippen LogP contribution in [0.3, 0.4) is 0 Å². The molecule has 3 amide bonds. The van der Waals surface area contributed by atoms with E-state index < -0.39 is 0 Å². The van der Waals surface area contributed by atoms with E-state index in [4.69, 9.17) is 5.10 Å². The SMILES string of the molecule is CC(C)NC(=O)NCc1ccc(C(=O)NCc2cn(Cc3ccccc3)nc2-c2ccccc2)cc1. The van der Waals surface area contributed by atoms with Gasteiger partial charge in [0.25, 0.3) is 5.91 Å². The van der Waals surface area contributed by atoms with E-state index in [9.17, 15) is 9.59 Å². The normalized spacial score (nSPS) is 10.8. The number of urea groups is 1.